The van der Waals surface area contributed by atoms with E-state index in [0.29, 0.717) is 18.7 Å². The van der Waals surface area contributed by atoms with Gasteiger partial charge in [0.2, 0.25) is 15.9 Å². The van der Waals surface area contributed by atoms with Crippen LogP contribution in [0.2, 0.25) is 0 Å². The summed E-state index contributed by atoms with van der Waals surface area (Å²) in [5.74, 6) is -0.280. The Morgan fingerprint density at radius 2 is 1.81 bits per heavy atom. The van der Waals surface area contributed by atoms with Gasteiger partial charge in [-0.1, -0.05) is 36.4 Å². The number of hydrogen-bond acceptors (Lipinski definition) is 4. The summed E-state index contributed by atoms with van der Waals surface area (Å²) in [4.78, 5) is 25.6. The Hall–Kier alpha value is -2.51. The van der Waals surface area contributed by atoms with E-state index in [1.165, 1.54) is 30.7 Å². The van der Waals surface area contributed by atoms with Crippen molar-refractivity contribution in [3.63, 3.8) is 0 Å². The van der Waals surface area contributed by atoms with Crippen LogP contribution in [0.1, 0.15) is 34.8 Å². The van der Waals surface area contributed by atoms with E-state index in [4.69, 9.17) is 0 Å². The maximum atomic E-state index is 12.4. The zero-order chi connectivity index (χ0) is 19.4. The second-order valence-corrected chi connectivity index (χ2v) is 8.33. The first-order chi connectivity index (χ1) is 12.9. The molecule has 0 spiro atoms. The van der Waals surface area contributed by atoms with Gasteiger partial charge in [0, 0.05) is 31.6 Å². The number of nitrogens with one attached hydrogen (secondary N) is 1. The van der Waals surface area contributed by atoms with E-state index in [0.717, 1.165) is 12.0 Å². The lowest BCUT2D eigenvalue weighted by Crippen LogP contribution is -2.38. The van der Waals surface area contributed by atoms with Gasteiger partial charge < -0.3 is 4.90 Å². The summed E-state index contributed by atoms with van der Waals surface area (Å²) >= 11 is 0. The molecule has 0 aromatic heterocycles. The molecule has 3 rings (SSSR count). The zero-order valence-corrected chi connectivity index (χ0v) is 16.0. The average Bonchev–Trinajstić information content (AvgIpc) is 2.67. The third-order valence-electron chi connectivity index (χ3n) is 4.67. The van der Waals surface area contributed by atoms with Crippen LogP contribution in [0, 0.1) is 0 Å². The monoisotopic (exact) mass is 386 g/mol. The minimum absolute atomic E-state index is 0.0175. The Kier molecular flexibility index (Phi) is 5.72. The lowest BCUT2D eigenvalue weighted by Gasteiger charge is -2.29. The molecule has 2 aromatic rings. The number of rotatable bonds is 6. The van der Waals surface area contributed by atoms with Crippen LogP contribution < -0.4 is 4.72 Å². The molecule has 27 heavy (non-hydrogen) atoms. The fraction of sp³-hybridized carbons (Fsp3) is 0.300. The molecule has 1 aliphatic heterocycles. The smallest absolute Gasteiger partial charge is 0.240 e. The van der Waals surface area contributed by atoms with Crippen molar-refractivity contribution in [2.24, 2.45) is 0 Å². The Bertz CT molecular complexity index is 969. The van der Waals surface area contributed by atoms with Gasteiger partial charge in [0.15, 0.2) is 5.78 Å². The summed E-state index contributed by atoms with van der Waals surface area (Å²) in [7, 11) is -3.76. The van der Waals surface area contributed by atoms with Crippen molar-refractivity contribution in [3.05, 3.63) is 65.2 Å². The molecule has 0 saturated heterocycles. The van der Waals surface area contributed by atoms with Crippen LogP contribution in [-0.2, 0) is 27.8 Å². The Balaban J connectivity index is 1.57. The lowest BCUT2D eigenvalue weighted by atomic mass is 10.00. The van der Waals surface area contributed by atoms with Crippen molar-refractivity contribution < 1.29 is 18.0 Å². The average molecular weight is 386 g/mol. The van der Waals surface area contributed by atoms with Crippen molar-refractivity contribution in [2.75, 3.05) is 13.1 Å². The van der Waals surface area contributed by atoms with Gasteiger partial charge in [-0.15, -0.1) is 0 Å². The largest absolute Gasteiger partial charge is 0.338 e. The van der Waals surface area contributed by atoms with E-state index < -0.39 is 10.0 Å². The summed E-state index contributed by atoms with van der Waals surface area (Å²) in [5, 5.41) is 0. The SMILES string of the molecule is CC(=O)c1cccc(S(=O)(=O)NCCC(=O)N2CCc3ccccc3C2)c1. The standard InChI is InChI=1S/C20H22N2O4S/c1-15(23)17-7-4-8-19(13-17)27(25,26)21-11-9-20(24)22-12-10-16-5-2-3-6-18(16)14-22/h2-8,13,21H,9-12,14H2,1H3. The van der Waals surface area contributed by atoms with Crippen LogP contribution in [-0.4, -0.2) is 38.1 Å². The van der Waals surface area contributed by atoms with Crippen LogP contribution in [0.25, 0.3) is 0 Å². The van der Waals surface area contributed by atoms with Crippen molar-refractivity contribution in [2.45, 2.75) is 31.2 Å². The summed E-state index contributed by atoms with van der Waals surface area (Å²) in [6.45, 7) is 2.60. The van der Waals surface area contributed by atoms with Crippen molar-refractivity contribution in [1.29, 1.82) is 0 Å². The second kappa shape index (κ2) is 8.02. The number of hydrogen-bond donors (Lipinski definition) is 1. The molecule has 6 nitrogen and oxygen atoms in total. The molecule has 1 N–H and O–H groups in total. The highest BCUT2D eigenvalue weighted by molar-refractivity contribution is 7.89. The van der Waals surface area contributed by atoms with E-state index in [1.54, 1.807) is 11.0 Å². The topological polar surface area (TPSA) is 83.5 Å². The molecule has 0 aliphatic carbocycles. The third-order valence-corrected chi connectivity index (χ3v) is 6.12. The molecule has 0 saturated carbocycles. The highest BCUT2D eigenvalue weighted by Crippen LogP contribution is 2.19. The van der Waals surface area contributed by atoms with Crippen LogP contribution in [0.5, 0.6) is 0 Å². The third kappa shape index (κ3) is 4.61. The minimum atomic E-state index is -3.76. The second-order valence-electron chi connectivity index (χ2n) is 6.57. The Labute approximate surface area is 159 Å². The minimum Gasteiger partial charge on any atom is -0.338 e. The van der Waals surface area contributed by atoms with E-state index in [2.05, 4.69) is 10.8 Å². The predicted octanol–water partition coefficient (Wildman–Crippen LogP) is 2.14. The van der Waals surface area contributed by atoms with Crippen LogP contribution >= 0.6 is 0 Å². The maximum absolute atomic E-state index is 12.4. The van der Waals surface area contributed by atoms with Gasteiger partial charge in [-0.05, 0) is 36.6 Å². The Morgan fingerprint density at radius 1 is 1.07 bits per heavy atom. The van der Waals surface area contributed by atoms with E-state index in [-0.39, 0.29) is 29.6 Å². The summed E-state index contributed by atoms with van der Waals surface area (Å²) in [6.07, 6.45) is 0.902. The molecule has 0 atom stereocenters. The molecular formula is C20H22N2O4S. The van der Waals surface area contributed by atoms with Gasteiger partial charge in [-0.3, -0.25) is 9.59 Å². The molecule has 1 aliphatic rings. The first kappa shape index (κ1) is 19.3. The Morgan fingerprint density at radius 3 is 2.56 bits per heavy atom. The first-order valence-electron chi connectivity index (χ1n) is 8.82. The molecule has 0 fully saturated rings. The van der Waals surface area contributed by atoms with Gasteiger partial charge in [-0.25, -0.2) is 13.1 Å². The summed E-state index contributed by atoms with van der Waals surface area (Å²) in [6, 6.07) is 13.9. The van der Waals surface area contributed by atoms with Crippen LogP contribution in [0.15, 0.2) is 53.4 Å². The molecule has 2 aromatic carbocycles. The fourth-order valence-electron chi connectivity index (χ4n) is 3.12. The number of carbonyl (C=O) groups is 2. The van der Waals surface area contributed by atoms with Crippen molar-refractivity contribution in [3.8, 4) is 0 Å². The van der Waals surface area contributed by atoms with Gasteiger partial charge in [0.1, 0.15) is 0 Å². The molecular weight excluding hydrogens is 364 g/mol. The zero-order valence-electron chi connectivity index (χ0n) is 15.1. The van der Waals surface area contributed by atoms with Crippen LogP contribution in [0.4, 0.5) is 0 Å². The predicted molar refractivity (Wildman–Crippen MR) is 102 cm³/mol. The molecule has 0 radical (unpaired) electrons. The van der Waals surface area contributed by atoms with E-state index in [9.17, 15) is 18.0 Å². The lowest BCUT2D eigenvalue weighted by molar-refractivity contribution is -0.131. The normalized spacial score (nSPS) is 13.9. The van der Waals surface area contributed by atoms with Gasteiger partial charge in [-0.2, -0.15) is 0 Å². The number of fused-ring (bicyclic) bond motifs is 1. The maximum Gasteiger partial charge on any atom is 0.240 e. The van der Waals surface area contributed by atoms with Gasteiger partial charge >= 0.3 is 0 Å². The van der Waals surface area contributed by atoms with Crippen molar-refractivity contribution >= 4 is 21.7 Å². The fourth-order valence-corrected chi connectivity index (χ4v) is 4.20. The molecule has 0 bridgehead atoms. The highest BCUT2D eigenvalue weighted by atomic mass is 32.2. The van der Waals surface area contributed by atoms with Crippen molar-refractivity contribution in [1.82, 2.24) is 9.62 Å². The van der Waals surface area contributed by atoms with Gasteiger partial charge in [0.25, 0.3) is 0 Å². The highest BCUT2D eigenvalue weighted by Gasteiger charge is 2.21. The summed E-state index contributed by atoms with van der Waals surface area (Å²) in [5.41, 5.74) is 2.73. The quantitative estimate of drug-likeness (QED) is 0.771. The molecule has 1 heterocycles. The number of ketones is 1. The van der Waals surface area contributed by atoms with E-state index >= 15 is 0 Å². The number of carbonyl (C=O) groups excluding carboxylic acids is 2. The number of benzene rings is 2. The molecule has 7 heteroatoms. The molecule has 0 unspecified atom stereocenters. The number of amides is 1. The van der Waals surface area contributed by atoms with Gasteiger partial charge in [0.05, 0.1) is 4.90 Å². The molecule has 142 valence electrons. The summed E-state index contributed by atoms with van der Waals surface area (Å²) < 4.78 is 27.2. The number of nitrogens with zero attached hydrogens (tertiary/aromatic N) is 1. The number of Topliss-reactive ketones (excluding diaryl/α,β-unsaturated/α-hetero) is 1. The van der Waals surface area contributed by atoms with Crippen LogP contribution in [0.3, 0.4) is 0 Å². The number of sulfonamides is 1. The molecule has 1 amide bonds. The first-order valence-corrected chi connectivity index (χ1v) is 10.3. The van der Waals surface area contributed by atoms with E-state index in [1.807, 2.05) is 18.2 Å².